The summed E-state index contributed by atoms with van der Waals surface area (Å²) in [5.74, 6) is -1.26. The second-order valence-corrected chi connectivity index (χ2v) is 4.91. The maximum absolute atomic E-state index is 13.2. The Balaban J connectivity index is 2.01. The number of carbonyl (C=O) groups excluding carboxylic acids is 1. The molecule has 0 aliphatic heterocycles. The zero-order valence-electron chi connectivity index (χ0n) is 13.0. The van der Waals surface area contributed by atoms with Crippen molar-refractivity contribution in [3.8, 4) is 5.75 Å². The number of halogens is 1. The van der Waals surface area contributed by atoms with Gasteiger partial charge in [-0.2, -0.15) is 0 Å². The molecule has 0 aliphatic carbocycles. The van der Waals surface area contributed by atoms with Gasteiger partial charge in [-0.15, -0.1) is 0 Å². The van der Waals surface area contributed by atoms with Crippen LogP contribution < -0.4 is 4.74 Å². The molecule has 1 amide bonds. The highest BCUT2D eigenvalue weighted by atomic mass is 19.1. The Bertz CT molecular complexity index is 739. The topological polar surface area (TPSA) is 85.6 Å². The molecule has 0 radical (unpaired) electrons. The quantitative estimate of drug-likeness (QED) is 0.574. The first-order chi connectivity index (χ1) is 11.5. The average Bonchev–Trinajstić information content (AvgIpc) is 2.57. The summed E-state index contributed by atoms with van der Waals surface area (Å²) in [6.45, 7) is 2.04. The van der Waals surface area contributed by atoms with Crippen molar-refractivity contribution in [3.05, 3.63) is 64.1 Å². The second kappa shape index (κ2) is 8.00. The van der Waals surface area contributed by atoms with E-state index in [2.05, 4.69) is 4.98 Å². The second-order valence-electron chi connectivity index (χ2n) is 4.91. The number of hydrogen-bond acceptors (Lipinski definition) is 5. The molecule has 0 aliphatic rings. The number of aromatic nitrogens is 1. The molecule has 0 unspecified atom stereocenters. The predicted octanol–water partition coefficient (Wildman–Crippen LogP) is 2.56. The number of nitrogens with zero attached hydrogens (tertiary/aromatic N) is 3. The molecule has 0 N–H and O–H groups in total. The molecule has 2 aromatic rings. The van der Waals surface area contributed by atoms with Crippen LogP contribution in [0.5, 0.6) is 5.75 Å². The van der Waals surface area contributed by atoms with Crippen LogP contribution in [-0.2, 0) is 11.3 Å². The van der Waals surface area contributed by atoms with Gasteiger partial charge in [-0.1, -0.05) is 12.1 Å². The minimum atomic E-state index is -0.676. The minimum absolute atomic E-state index is 0.0716. The number of benzene rings is 1. The fourth-order valence-electron chi connectivity index (χ4n) is 2.09. The summed E-state index contributed by atoms with van der Waals surface area (Å²) in [7, 11) is 0. The Morgan fingerprint density at radius 1 is 1.38 bits per heavy atom. The number of ether oxygens (including phenoxy) is 1. The Morgan fingerprint density at radius 3 is 2.83 bits per heavy atom. The fraction of sp³-hybridized carbons (Fsp3) is 0.250. The molecule has 0 saturated carbocycles. The lowest BCUT2D eigenvalue weighted by Crippen LogP contribution is -2.34. The van der Waals surface area contributed by atoms with Gasteiger partial charge in [-0.25, -0.2) is 4.39 Å². The molecule has 0 bridgehead atoms. The maximum atomic E-state index is 13.2. The molecule has 0 saturated heterocycles. The highest BCUT2D eigenvalue weighted by Gasteiger charge is 2.19. The molecule has 2 rings (SSSR count). The van der Waals surface area contributed by atoms with Gasteiger partial charge in [0.25, 0.3) is 5.91 Å². The Morgan fingerprint density at radius 2 is 2.17 bits per heavy atom. The van der Waals surface area contributed by atoms with E-state index in [9.17, 15) is 19.3 Å². The summed E-state index contributed by atoms with van der Waals surface area (Å²) < 4.78 is 18.4. The Labute approximate surface area is 137 Å². The lowest BCUT2D eigenvalue weighted by molar-refractivity contribution is -0.390. The zero-order valence-corrected chi connectivity index (χ0v) is 13.0. The molecule has 126 valence electrons. The summed E-state index contributed by atoms with van der Waals surface area (Å²) in [6.07, 6.45) is 1.27. The first kappa shape index (κ1) is 17.3. The van der Waals surface area contributed by atoms with Gasteiger partial charge in [-0.3, -0.25) is 4.79 Å². The number of pyridine rings is 1. The first-order valence-corrected chi connectivity index (χ1v) is 7.25. The number of nitro groups is 1. The van der Waals surface area contributed by atoms with E-state index in [1.807, 2.05) is 0 Å². The Kier molecular flexibility index (Phi) is 5.78. The van der Waals surface area contributed by atoms with E-state index < -0.39 is 10.7 Å². The van der Waals surface area contributed by atoms with E-state index in [1.165, 1.54) is 35.4 Å². The van der Waals surface area contributed by atoms with Crippen LogP contribution in [0, 0.1) is 15.9 Å². The Hall–Kier alpha value is -3.03. The third-order valence-corrected chi connectivity index (χ3v) is 3.27. The van der Waals surface area contributed by atoms with E-state index in [4.69, 9.17) is 4.74 Å². The number of amides is 1. The lowest BCUT2D eigenvalue weighted by Gasteiger charge is -2.21. The van der Waals surface area contributed by atoms with Crippen molar-refractivity contribution in [3.63, 3.8) is 0 Å². The molecule has 7 nitrogen and oxygen atoms in total. The van der Waals surface area contributed by atoms with E-state index >= 15 is 0 Å². The molecule has 1 aromatic heterocycles. The van der Waals surface area contributed by atoms with Crippen LogP contribution >= 0.6 is 0 Å². The predicted molar refractivity (Wildman–Crippen MR) is 83.9 cm³/mol. The van der Waals surface area contributed by atoms with Gasteiger partial charge in [0.1, 0.15) is 12.0 Å². The van der Waals surface area contributed by atoms with Crippen molar-refractivity contribution < 1.29 is 18.8 Å². The van der Waals surface area contributed by atoms with Crippen molar-refractivity contribution in [2.75, 3.05) is 13.2 Å². The highest BCUT2D eigenvalue weighted by Crippen LogP contribution is 2.22. The van der Waals surface area contributed by atoms with Crippen LogP contribution in [0.2, 0.25) is 0 Å². The molecule has 0 fully saturated rings. The number of rotatable bonds is 7. The van der Waals surface area contributed by atoms with E-state index in [-0.39, 0.29) is 30.6 Å². The van der Waals surface area contributed by atoms with Gasteiger partial charge < -0.3 is 19.8 Å². The molecule has 0 spiro atoms. The normalized spacial score (nSPS) is 10.2. The van der Waals surface area contributed by atoms with Crippen LogP contribution in [0.4, 0.5) is 10.2 Å². The minimum Gasteiger partial charge on any atom is -0.476 e. The molecule has 0 atom stereocenters. The monoisotopic (exact) mass is 333 g/mol. The number of hydrogen-bond donors (Lipinski definition) is 0. The smallest absolute Gasteiger partial charge is 0.406 e. The van der Waals surface area contributed by atoms with Gasteiger partial charge in [-0.05, 0) is 46.7 Å². The SMILES string of the molecule is CCN(Cc1cccc(F)c1)C(=O)COc1cccnc1[N+](=O)[O-]. The van der Waals surface area contributed by atoms with E-state index in [1.54, 1.807) is 19.1 Å². The van der Waals surface area contributed by atoms with Crippen molar-refractivity contribution in [1.82, 2.24) is 9.88 Å². The van der Waals surface area contributed by atoms with Crippen molar-refractivity contribution in [1.29, 1.82) is 0 Å². The summed E-state index contributed by atoms with van der Waals surface area (Å²) >= 11 is 0. The highest BCUT2D eigenvalue weighted by molar-refractivity contribution is 5.77. The summed E-state index contributed by atoms with van der Waals surface area (Å²) in [5, 5.41) is 10.9. The van der Waals surface area contributed by atoms with Crippen molar-refractivity contribution in [2.45, 2.75) is 13.5 Å². The summed E-state index contributed by atoms with van der Waals surface area (Å²) in [6, 6.07) is 8.82. The molecule has 24 heavy (non-hydrogen) atoms. The molecule has 8 heteroatoms. The molecular formula is C16H16FN3O4. The van der Waals surface area contributed by atoms with Gasteiger partial charge in [0, 0.05) is 13.1 Å². The van der Waals surface area contributed by atoms with Gasteiger partial charge >= 0.3 is 5.82 Å². The van der Waals surface area contributed by atoms with Crippen LogP contribution in [-0.4, -0.2) is 33.9 Å². The third kappa shape index (κ3) is 4.48. The molecule has 1 aromatic carbocycles. The summed E-state index contributed by atoms with van der Waals surface area (Å²) in [4.78, 5) is 27.5. The number of carbonyl (C=O) groups is 1. The molecular weight excluding hydrogens is 317 g/mol. The fourth-order valence-corrected chi connectivity index (χ4v) is 2.09. The summed E-state index contributed by atoms with van der Waals surface area (Å²) in [5.41, 5.74) is 0.651. The largest absolute Gasteiger partial charge is 0.476 e. The number of likely N-dealkylation sites (N-methyl/N-ethyl adjacent to an activating group) is 1. The van der Waals surface area contributed by atoms with Crippen LogP contribution in [0.25, 0.3) is 0 Å². The average molecular weight is 333 g/mol. The van der Waals surface area contributed by atoms with Gasteiger partial charge in [0.15, 0.2) is 6.61 Å². The molecule has 1 heterocycles. The van der Waals surface area contributed by atoms with E-state index in [0.717, 1.165) is 0 Å². The van der Waals surface area contributed by atoms with Crippen LogP contribution in [0.1, 0.15) is 12.5 Å². The van der Waals surface area contributed by atoms with Crippen LogP contribution in [0.3, 0.4) is 0 Å². The van der Waals surface area contributed by atoms with E-state index in [0.29, 0.717) is 12.1 Å². The zero-order chi connectivity index (χ0) is 17.5. The van der Waals surface area contributed by atoms with Crippen LogP contribution in [0.15, 0.2) is 42.6 Å². The standard InChI is InChI=1S/C16H16FN3O4/c1-2-19(10-12-5-3-6-13(17)9-12)15(21)11-24-14-7-4-8-18-16(14)20(22)23/h3-9H,2,10-11H2,1H3. The lowest BCUT2D eigenvalue weighted by atomic mass is 10.2. The van der Waals surface area contributed by atoms with Crippen molar-refractivity contribution in [2.24, 2.45) is 0 Å². The first-order valence-electron chi connectivity index (χ1n) is 7.25. The van der Waals surface area contributed by atoms with Crippen molar-refractivity contribution >= 4 is 11.7 Å². The van der Waals surface area contributed by atoms with Gasteiger partial charge in [0.2, 0.25) is 5.75 Å². The maximum Gasteiger partial charge on any atom is 0.406 e. The van der Waals surface area contributed by atoms with Gasteiger partial charge in [0.05, 0.1) is 0 Å². The third-order valence-electron chi connectivity index (χ3n) is 3.27.